The molecule has 8 heteroatoms. The fraction of sp³-hybridized carbons (Fsp3) is 0.700. The Hall–Kier alpha value is -0.960. The SMILES string of the molecule is CCc1nc(S(N)(=O)=O)cn1CCOCCOC. The second-order valence-electron chi connectivity index (χ2n) is 3.69. The summed E-state index contributed by atoms with van der Waals surface area (Å²) in [6, 6.07) is 0. The average molecular weight is 277 g/mol. The molecule has 0 saturated carbocycles. The zero-order valence-electron chi connectivity index (χ0n) is 10.6. The summed E-state index contributed by atoms with van der Waals surface area (Å²) in [7, 11) is -2.14. The van der Waals surface area contributed by atoms with Crippen molar-refractivity contribution in [3.63, 3.8) is 0 Å². The molecular formula is C10H19N3O4S. The van der Waals surface area contributed by atoms with E-state index in [0.29, 0.717) is 38.6 Å². The maximum atomic E-state index is 11.2. The Labute approximate surface area is 107 Å². The molecule has 0 aliphatic carbocycles. The summed E-state index contributed by atoms with van der Waals surface area (Å²) in [5.74, 6) is 0.675. The Kier molecular flexibility index (Phi) is 5.73. The molecule has 18 heavy (non-hydrogen) atoms. The van der Waals surface area contributed by atoms with Gasteiger partial charge in [-0.2, -0.15) is 0 Å². The number of nitrogens with zero attached hydrogens (tertiary/aromatic N) is 2. The number of aromatic nitrogens is 2. The van der Waals surface area contributed by atoms with Crippen LogP contribution >= 0.6 is 0 Å². The number of methoxy groups -OCH3 is 1. The summed E-state index contributed by atoms with van der Waals surface area (Å²) in [6.45, 7) is 3.95. The minimum Gasteiger partial charge on any atom is -0.382 e. The summed E-state index contributed by atoms with van der Waals surface area (Å²) in [5.41, 5.74) is 0. The lowest BCUT2D eigenvalue weighted by Gasteiger charge is -2.06. The van der Waals surface area contributed by atoms with E-state index in [0.717, 1.165) is 0 Å². The van der Waals surface area contributed by atoms with Crippen molar-refractivity contribution in [1.82, 2.24) is 9.55 Å². The molecule has 0 atom stereocenters. The van der Waals surface area contributed by atoms with Crippen LogP contribution in [0.3, 0.4) is 0 Å². The minimum atomic E-state index is -3.75. The number of aryl methyl sites for hydroxylation is 1. The van der Waals surface area contributed by atoms with Crippen LogP contribution in [0.4, 0.5) is 0 Å². The predicted octanol–water partition coefficient (Wildman–Crippen LogP) is -0.244. The van der Waals surface area contributed by atoms with Gasteiger partial charge in [0, 0.05) is 26.3 Å². The second-order valence-corrected chi connectivity index (χ2v) is 5.20. The number of primary sulfonamides is 1. The Morgan fingerprint density at radius 1 is 1.39 bits per heavy atom. The largest absolute Gasteiger partial charge is 0.382 e. The van der Waals surface area contributed by atoms with Crippen molar-refractivity contribution in [2.45, 2.75) is 24.9 Å². The van der Waals surface area contributed by atoms with E-state index in [-0.39, 0.29) is 5.03 Å². The summed E-state index contributed by atoms with van der Waals surface area (Å²) < 4.78 is 34.3. The number of ether oxygens (including phenoxy) is 2. The van der Waals surface area contributed by atoms with Crippen LogP contribution in [0.2, 0.25) is 0 Å². The van der Waals surface area contributed by atoms with Gasteiger partial charge in [0.2, 0.25) is 0 Å². The lowest BCUT2D eigenvalue weighted by molar-refractivity contribution is 0.0663. The van der Waals surface area contributed by atoms with E-state index in [1.165, 1.54) is 6.20 Å². The predicted molar refractivity (Wildman–Crippen MR) is 65.7 cm³/mol. The van der Waals surface area contributed by atoms with Crippen LogP contribution in [0.25, 0.3) is 0 Å². The van der Waals surface area contributed by atoms with Gasteiger partial charge in [0.1, 0.15) is 5.82 Å². The van der Waals surface area contributed by atoms with Gasteiger partial charge in [-0.15, -0.1) is 0 Å². The molecule has 0 saturated heterocycles. The van der Waals surface area contributed by atoms with Crippen molar-refractivity contribution >= 4 is 10.0 Å². The first kappa shape index (κ1) is 15.1. The van der Waals surface area contributed by atoms with Crippen LogP contribution in [-0.4, -0.2) is 44.9 Å². The van der Waals surface area contributed by atoms with Gasteiger partial charge in [-0.3, -0.25) is 0 Å². The molecule has 7 nitrogen and oxygen atoms in total. The lowest BCUT2D eigenvalue weighted by atomic mass is 10.4. The molecule has 0 unspecified atom stereocenters. The zero-order chi connectivity index (χ0) is 13.6. The second kappa shape index (κ2) is 6.83. The van der Waals surface area contributed by atoms with Crippen LogP contribution < -0.4 is 5.14 Å². The highest BCUT2D eigenvalue weighted by molar-refractivity contribution is 7.89. The number of hydrogen-bond donors (Lipinski definition) is 1. The maximum Gasteiger partial charge on any atom is 0.257 e. The van der Waals surface area contributed by atoms with Gasteiger partial charge in [-0.1, -0.05) is 6.92 Å². The van der Waals surface area contributed by atoms with E-state index in [2.05, 4.69) is 4.98 Å². The number of sulfonamides is 1. The first-order valence-electron chi connectivity index (χ1n) is 5.64. The molecule has 0 aromatic carbocycles. The molecule has 1 aromatic rings. The minimum absolute atomic E-state index is 0.101. The first-order chi connectivity index (χ1) is 8.49. The highest BCUT2D eigenvalue weighted by Crippen LogP contribution is 2.08. The first-order valence-corrected chi connectivity index (χ1v) is 7.19. The molecule has 0 aliphatic heterocycles. The Bertz CT molecular complexity index is 469. The van der Waals surface area contributed by atoms with Gasteiger partial charge in [-0.25, -0.2) is 18.5 Å². The van der Waals surface area contributed by atoms with E-state index < -0.39 is 10.0 Å². The molecule has 0 aliphatic rings. The van der Waals surface area contributed by atoms with Crippen LogP contribution in [0.1, 0.15) is 12.7 Å². The molecule has 0 bridgehead atoms. The van der Waals surface area contributed by atoms with Crippen LogP contribution in [0.5, 0.6) is 0 Å². The Morgan fingerprint density at radius 2 is 2.11 bits per heavy atom. The molecule has 104 valence electrons. The van der Waals surface area contributed by atoms with Crippen LogP contribution in [0.15, 0.2) is 11.2 Å². The fourth-order valence-corrected chi connectivity index (χ4v) is 1.95. The van der Waals surface area contributed by atoms with Crippen LogP contribution in [-0.2, 0) is 32.5 Å². The molecule has 0 amide bonds. The Balaban J connectivity index is 2.62. The highest BCUT2D eigenvalue weighted by Gasteiger charge is 2.15. The van der Waals surface area contributed by atoms with E-state index >= 15 is 0 Å². The molecule has 0 radical (unpaired) electrons. The number of nitrogens with two attached hydrogens (primary N) is 1. The van der Waals surface area contributed by atoms with Gasteiger partial charge in [0.15, 0.2) is 5.03 Å². The van der Waals surface area contributed by atoms with E-state index in [1.54, 1.807) is 11.7 Å². The van der Waals surface area contributed by atoms with E-state index in [9.17, 15) is 8.42 Å². The van der Waals surface area contributed by atoms with Crippen LogP contribution in [0, 0.1) is 0 Å². The van der Waals surface area contributed by atoms with Gasteiger partial charge in [0.05, 0.1) is 19.8 Å². The Morgan fingerprint density at radius 3 is 2.67 bits per heavy atom. The smallest absolute Gasteiger partial charge is 0.257 e. The van der Waals surface area contributed by atoms with Gasteiger partial charge in [0.25, 0.3) is 10.0 Å². The highest BCUT2D eigenvalue weighted by atomic mass is 32.2. The van der Waals surface area contributed by atoms with Crippen molar-refractivity contribution in [3.8, 4) is 0 Å². The molecule has 1 heterocycles. The third kappa shape index (κ3) is 4.37. The summed E-state index contributed by atoms with van der Waals surface area (Å²) in [5, 5.41) is 4.94. The molecule has 0 fully saturated rings. The van der Waals surface area contributed by atoms with Crippen molar-refractivity contribution in [2.75, 3.05) is 26.9 Å². The van der Waals surface area contributed by atoms with Gasteiger partial charge < -0.3 is 14.0 Å². The lowest BCUT2D eigenvalue weighted by Crippen LogP contribution is -2.12. The topological polar surface area (TPSA) is 96.4 Å². The monoisotopic (exact) mass is 277 g/mol. The van der Waals surface area contributed by atoms with Crippen molar-refractivity contribution in [3.05, 3.63) is 12.0 Å². The maximum absolute atomic E-state index is 11.2. The van der Waals surface area contributed by atoms with E-state index in [1.807, 2.05) is 6.92 Å². The van der Waals surface area contributed by atoms with Crippen molar-refractivity contribution in [2.24, 2.45) is 5.14 Å². The number of imidazole rings is 1. The van der Waals surface area contributed by atoms with Crippen molar-refractivity contribution in [1.29, 1.82) is 0 Å². The molecule has 1 aromatic heterocycles. The summed E-state index contributed by atoms with van der Waals surface area (Å²) >= 11 is 0. The standard InChI is InChI=1S/C10H19N3O4S/c1-3-9-12-10(18(11,14)15)8-13(9)4-5-17-7-6-16-2/h8H,3-7H2,1-2H3,(H2,11,14,15). The quantitative estimate of drug-likeness (QED) is 0.661. The van der Waals surface area contributed by atoms with Gasteiger partial charge in [-0.05, 0) is 0 Å². The number of rotatable bonds is 8. The summed E-state index contributed by atoms with van der Waals surface area (Å²) in [6.07, 6.45) is 2.07. The van der Waals surface area contributed by atoms with Gasteiger partial charge >= 0.3 is 0 Å². The normalized spacial score (nSPS) is 11.9. The third-order valence-corrected chi connectivity index (χ3v) is 3.13. The molecule has 1 rings (SSSR count). The fourth-order valence-electron chi connectivity index (χ4n) is 1.45. The summed E-state index contributed by atoms with van der Waals surface area (Å²) in [4.78, 5) is 3.98. The average Bonchev–Trinajstić information content (AvgIpc) is 2.72. The number of hydrogen-bond acceptors (Lipinski definition) is 5. The molecule has 2 N–H and O–H groups in total. The van der Waals surface area contributed by atoms with Crippen molar-refractivity contribution < 1.29 is 17.9 Å². The van der Waals surface area contributed by atoms with E-state index in [4.69, 9.17) is 14.6 Å². The third-order valence-electron chi connectivity index (χ3n) is 2.35. The molecular weight excluding hydrogens is 258 g/mol. The molecule has 0 spiro atoms. The zero-order valence-corrected chi connectivity index (χ0v) is 11.4.